The van der Waals surface area contributed by atoms with Crippen LogP contribution in [0.25, 0.3) is 5.69 Å². The van der Waals surface area contributed by atoms with Crippen LogP contribution in [-0.2, 0) is 12.8 Å². The third-order valence-corrected chi connectivity index (χ3v) is 6.40. The van der Waals surface area contributed by atoms with Crippen molar-refractivity contribution in [1.29, 1.82) is 0 Å². The van der Waals surface area contributed by atoms with Gasteiger partial charge in [-0.05, 0) is 52.2 Å². The Morgan fingerprint density at radius 1 is 0.759 bits per heavy atom. The van der Waals surface area contributed by atoms with Gasteiger partial charge in [0.15, 0.2) is 0 Å². The van der Waals surface area contributed by atoms with Crippen molar-refractivity contribution in [3.05, 3.63) is 44.9 Å². The first-order valence-electron chi connectivity index (χ1n) is 10.4. The Labute approximate surface area is 180 Å². The molecule has 1 heterocycles. The molecule has 1 aromatic heterocycles. The summed E-state index contributed by atoms with van der Waals surface area (Å²) in [5, 5.41) is 0. The van der Waals surface area contributed by atoms with Crippen molar-refractivity contribution in [2.45, 2.75) is 85.0 Å². The van der Waals surface area contributed by atoms with E-state index in [4.69, 9.17) is 18.6 Å². The van der Waals surface area contributed by atoms with E-state index >= 15 is 0 Å². The summed E-state index contributed by atoms with van der Waals surface area (Å²) in [6.45, 7) is 6.73. The van der Waals surface area contributed by atoms with Crippen molar-refractivity contribution < 1.29 is 33.4 Å². The lowest BCUT2D eigenvalue weighted by Gasteiger charge is -2.17. The molecular weight excluding hydrogens is 410 g/mol. The van der Waals surface area contributed by atoms with Crippen LogP contribution < -0.4 is 23.2 Å². The average molecular weight is 442 g/mol. The number of nitrogens with zero attached hydrogens (tertiary/aromatic N) is 1. The molecule has 0 aliphatic heterocycles. The number of hydrogen-bond donors (Lipinski definition) is 0. The zero-order chi connectivity index (χ0) is 21.4. The molecule has 29 heavy (non-hydrogen) atoms. The fourth-order valence-electron chi connectivity index (χ4n) is 4.22. The molecule has 5 nitrogen and oxygen atoms in total. The molecule has 0 bridgehead atoms. The SMILES string of the molecule is Cc1cc(C)c(-[n+]2csc3c2CCCCCCCCCC3)c(C)c1.[O-][Cl+3]([O-])([O-])[O-]. The van der Waals surface area contributed by atoms with Crippen LogP contribution in [0.4, 0.5) is 0 Å². The molecule has 3 rings (SSSR count). The highest BCUT2D eigenvalue weighted by molar-refractivity contribution is 7.09. The Morgan fingerprint density at radius 2 is 1.21 bits per heavy atom. The summed E-state index contributed by atoms with van der Waals surface area (Å²) in [6.07, 6.45) is 13.7. The Balaban J connectivity index is 0.000000537. The highest BCUT2D eigenvalue weighted by Gasteiger charge is 2.24. The Hall–Kier alpha value is -1.02. The molecule has 162 valence electrons. The van der Waals surface area contributed by atoms with Crippen molar-refractivity contribution >= 4 is 11.3 Å². The number of hydrogen-bond acceptors (Lipinski definition) is 5. The molecule has 0 N–H and O–H groups in total. The predicted octanol–water partition coefficient (Wildman–Crippen LogP) is 1.41. The second-order valence-electron chi connectivity index (χ2n) is 7.92. The van der Waals surface area contributed by atoms with Gasteiger partial charge >= 0.3 is 0 Å². The number of aromatic nitrogens is 1. The summed E-state index contributed by atoms with van der Waals surface area (Å²) in [4.78, 5) is 1.63. The van der Waals surface area contributed by atoms with Gasteiger partial charge in [-0.1, -0.05) is 55.4 Å². The van der Waals surface area contributed by atoms with Crippen LogP contribution in [0.3, 0.4) is 0 Å². The third-order valence-electron chi connectivity index (χ3n) is 5.36. The van der Waals surface area contributed by atoms with E-state index in [0.29, 0.717) is 0 Å². The summed E-state index contributed by atoms with van der Waals surface area (Å²) >= 11 is 1.98. The van der Waals surface area contributed by atoms with E-state index in [0.717, 1.165) is 0 Å². The molecule has 2 aromatic rings. The summed E-state index contributed by atoms with van der Waals surface area (Å²) in [5.74, 6) is 0. The topological polar surface area (TPSA) is 96.1 Å². The quantitative estimate of drug-likeness (QED) is 0.625. The molecule has 0 spiro atoms. The van der Waals surface area contributed by atoms with Gasteiger partial charge in [-0.2, -0.15) is 4.57 Å². The van der Waals surface area contributed by atoms with Crippen LogP contribution >= 0.6 is 11.3 Å². The normalized spacial score (nSPS) is 16.1. The van der Waals surface area contributed by atoms with Crippen LogP contribution in [0.2, 0.25) is 0 Å². The highest BCUT2D eigenvalue weighted by atomic mass is 35.7. The first kappa shape index (κ1) is 24.3. The lowest BCUT2D eigenvalue weighted by atomic mass is 10.0. The van der Waals surface area contributed by atoms with E-state index in [9.17, 15) is 0 Å². The number of halogens is 1. The van der Waals surface area contributed by atoms with Gasteiger partial charge in [0.25, 0.3) is 0 Å². The molecule has 0 fully saturated rings. The minimum absolute atomic E-state index is 1.24. The summed E-state index contributed by atoms with van der Waals surface area (Å²) in [7, 11) is -4.94. The number of aryl methyl sites for hydroxylation is 4. The van der Waals surface area contributed by atoms with Gasteiger partial charge < -0.3 is 0 Å². The predicted molar refractivity (Wildman–Crippen MR) is 104 cm³/mol. The molecule has 1 aliphatic carbocycles. The summed E-state index contributed by atoms with van der Waals surface area (Å²) < 4.78 is 36.5. The third kappa shape index (κ3) is 8.32. The first-order chi connectivity index (χ1) is 13.7. The van der Waals surface area contributed by atoms with Gasteiger partial charge in [0.2, 0.25) is 16.9 Å². The van der Waals surface area contributed by atoms with Crippen LogP contribution in [-0.4, -0.2) is 0 Å². The fourth-order valence-corrected chi connectivity index (χ4v) is 5.29. The van der Waals surface area contributed by atoms with Crippen molar-refractivity contribution in [2.24, 2.45) is 0 Å². The summed E-state index contributed by atoms with van der Waals surface area (Å²) in [5.41, 5.74) is 9.57. The highest BCUT2D eigenvalue weighted by Crippen LogP contribution is 2.24. The molecular formula is C22H32ClNO4S. The molecule has 0 unspecified atom stereocenters. The van der Waals surface area contributed by atoms with Gasteiger partial charge in [0, 0.05) is 17.5 Å². The maximum absolute atomic E-state index is 8.49. The van der Waals surface area contributed by atoms with Crippen LogP contribution in [0.1, 0.15) is 78.6 Å². The maximum atomic E-state index is 8.49. The van der Waals surface area contributed by atoms with Crippen molar-refractivity contribution in [3.63, 3.8) is 0 Å². The minimum atomic E-state index is -4.94. The smallest absolute Gasteiger partial charge is 0.222 e. The maximum Gasteiger partial charge on any atom is 0.231 e. The number of fused-ring (bicyclic) bond motifs is 1. The van der Waals surface area contributed by atoms with Gasteiger partial charge in [-0.3, -0.25) is 0 Å². The van der Waals surface area contributed by atoms with E-state index < -0.39 is 10.2 Å². The molecule has 0 saturated heterocycles. The molecule has 1 aliphatic rings. The Kier molecular flexibility index (Phi) is 9.53. The molecule has 0 saturated carbocycles. The number of rotatable bonds is 1. The second-order valence-corrected chi connectivity index (χ2v) is 9.61. The molecule has 0 radical (unpaired) electrons. The van der Waals surface area contributed by atoms with E-state index in [2.05, 4.69) is 43.0 Å². The number of thiazole rings is 1. The van der Waals surface area contributed by atoms with E-state index in [1.54, 1.807) is 10.6 Å². The largest absolute Gasteiger partial charge is 0.231 e. The van der Waals surface area contributed by atoms with Gasteiger partial charge in [0.05, 0.1) is 4.88 Å². The molecule has 0 atom stereocenters. The van der Waals surface area contributed by atoms with Gasteiger partial charge in [-0.15, -0.1) is 10.2 Å². The average Bonchev–Trinajstić information content (AvgIpc) is 2.95. The summed E-state index contributed by atoms with van der Waals surface area (Å²) in [6, 6.07) is 4.66. The zero-order valence-electron chi connectivity index (χ0n) is 17.7. The lowest BCUT2D eigenvalue weighted by Crippen LogP contribution is -2.68. The standard InChI is InChI=1S/C22H32NS.ClHO4/c1-17-14-18(2)22(19(3)15-17)23-16-24-21-13-11-9-7-5-4-6-8-10-12-20(21)23;2-1(3,4)5/h14-16H,4-13H2,1-3H3;(H,2,3,4,5)/q+1;/p-1. The van der Waals surface area contributed by atoms with E-state index in [1.807, 2.05) is 11.3 Å². The second kappa shape index (κ2) is 11.4. The van der Waals surface area contributed by atoms with E-state index in [-0.39, 0.29) is 0 Å². The van der Waals surface area contributed by atoms with Crippen LogP contribution in [0.5, 0.6) is 0 Å². The van der Waals surface area contributed by atoms with Crippen molar-refractivity contribution in [1.82, 2.24) is 0 Å². The minimum Gasteiger partial charge on any atom is -0.222 e. The van der Waals surface area contributed by atoms with Crippen molar-refractivity contribution in [2.75, 3.05) is 0 Å². The fraction of sp³-hybridized carbons (Fsp3) is 0.591. The first-order valence-corrected chi connectivity index (χ1v) is 12.5. The number of benzene rings is 1. The monoisotopic (exact) mass is 441 g/mol. The van der Waals surface area contributed by atoms with Crippen molar-refractivity contribution in [3.8, 4) is 5.69 Å². The van der Waals surface area contributed by atoms with Gasteiger partial charge in [0.1, 0.15) is 0 Å². The lowest BCUT2D eigenvalue weighted by molar-refractivity contribution is -2.00. The van der Waals surface area contributed by atoms with Crippen LogP contribution in [0, 0.1) is 31.0 Å². The molecule has 7 heteroatoms. The Bertz CT molecular complexity index is 757. The van der Waals surface area contributed by atoms with Crippen LogP contribution in [0.15, 0.2) is 17.6 Å². The van der Waals surface area contributed by atoms with E-state index in [1.165, 1.54) is 86.6 Å². The molecule has 0 amide bonds. The van der Waals surface area contributed by atoms with Gasteiger partial charge in [-0.25, -0.2) is 18.6 Å². The Morgan fingerprint density at radius 3 is 1.72 bits per heavy atom. The molecule has 1 aromatic carbocycles. The zero-order valence-corrected chi connectivity index (χ0v) is 19.2.